The van der Waals surface area contributed by atoms with Gasteiger partial charge in [0.15, 0.2) is 0 Å². The summed E-state index contributed by atoms with van der Waals surface area (Å²) in [5, 5.41) is 0. The zero-order valence-corrected chi connectivity index (χ0v) is 11.0. The van der Waals surface area contributed by atoms with Gasteiger partial charge in [-0.2, -0.15) is 0 Å². The van der Waals surface area contributed by atoms with Gasteiger partial charge in [-0.15, -0.1) is 0 Å². The Kier molecular flexibility index (Phi) is 2.16. The van der Waals surface area contributed by atoms with Gasteiger partial charge in [-0.1, -0.05) is 29.8 Å². The van der Waals surface area contributed by atoms with Crippen LogP contribution in [0.15, 0.2) is 24.3 Å². The summed E-state index contributed by atoms with van der Waals surface area (Å²) >= 11 is 0. The van der Waals surface area contributed by atoms with Crippen LogP contribution in [0.3, 0.4) is 0 Å². The molecular weight excluding hydrogens is 204 g/mol. The molecule has 0 unspecified atom stereocenters. The molecule has 1 aliphatic rings. The van der Waals surface area contributed by atoms with Crippen LogP contribution in [-0.2, 0) is 6.42 Å². The molecule has 0 heterocycles. The number of benzene rings is 2. The molecule has 86 valence electrons. The maximum Gasteiger partial charge on any atom is -0.00107 e. The predicted molar refractivity (Wildman–Crippen MR) is 73.6 cm³/mol. The Morgan fingerprint density at radius 3 is 2.35 bits per heavy atom. The summed E-state index contributed by atoms with van der Waals surface area (Å²) in [7, 11) is 0. The summed E-state index contributed by atoms with van der Waals surface area (Å²) in [6.07, 6.45) is 1.11. The van der Waals surface area contributed by atoms with Crippen molar-refractivity contribution in [3.63, 3.8) is 0 Å². The van der Waals surface area contributed by atoms with Gasteiger partial charge in [-0.3, -0.25) is 0 Å². The van der Waals surface area contributed by atoms with Crippen LogP contribution in [0.25, 0.3) is 11.1 Å². The second-order valence-electron chi connectivity index (χ2n) is 5.31. The van der Waals surface area contributed by atoms with Crippen molar-refractivity contribution in [1.82, 2.24) is 0 Å². The lowest BCUT2D eigenvalue weighted by Gasteiger charge is -2.11. The van der Waals surface area contributed by atoms with E-state index in [1.807, 2.05) is 0 Å². The molecule has 0 fully saturated rings. The van der Waals surface area contributed by atoms with E-state index in [-0.39, 0.29) is 0 Å². The molecule has 0 saturated carbocycles. The first-order valence-electron chi connectivity index (χ1n) is 6.27. The molecule has 2 aromatic carbocycles. The van der Waals surface area contributed by atoms with E-state index >= 15 is 0 Å². The Labute approximate surface area is 103 Å². The summed E-state index contributed by atoms with van der Waals surface area (Å²) in [6.45, 7) is 8.89. The van der Waals surface area contributed by atoms with Crippen LogP contribution in [0.2, 0.25) is 0 Å². The highest BCUT2D eigenvalue weighted by Gasteiger charge is 2.21. The second kappa shape index (κ2) is 3.46. The fourth-order valence-corrected chi connectivity index (χ4v) is 2.89. The zero-order valence-electron chi connectivity index (χ0n) is 11.0. The van der Waals surface area contributed by atoms with Crippen LogP contribution in [-0.4, -0.2) is 0 Å². The van der Waals surface area contributed by atoms with Crippen LogP contribution in [0.4, 0.5) is 0 Å². The van der Waals surface area contributed by atoms with Gasteiger partial charge < -0.3 is 0 Å². The van der Waals surface area contributed by atoms with E-state index in [4.69, 9.17) is 0 Å². The molecule has 0 nitrogen and oxygen atoms in total. The minimum Gasteiger partial charge on any atom is -0.0590 e. The molecule has 2 aromatic rings. The Morgan fingerprint density at radius 1 is 0.824 bits per heavy atom. The lowest BCUT2D eigenvalue weighted by molar-refractivity contribution is 1.17. The van der Waals surface area contributed by atoms with Crippen LogP contribution in [0, 0.1) is 27.7 Å². The van der Waals surface area contributed by atoms with Gasteiger partial charge in [-0.05, 0) is 73.1 Å². The number of aryl methyl sites for hydroxylation is 2. The standard InChI is InChI=1S/C17H18/c1-10-5-6-14-9-15-13(4)12(3)11(2)8-17(15)16(14)7-10/h5-8H,9H2,1-4H3. The first-order chi connectivity index (χ1) is 8.08. The Hall–Kier alpha value is -1.56. The third kappa shape index (κ3) is 1.44. The van der Waals surface area contributed by atoms with Crippen LogP contribution >= 0.6 is 0 Å². The van der Waals surface area contributed by atoms with Gasteiger partial charge in [0.05, 0.1) is 0 Å². The van der Waals surface area contributed by atoms with Crippen molar-refractivity contribution < 1.29 is 0 Å². The highest BCUT2D eigenvalue weighted by molar-refractivity contribution is 5.79. The maximum absolute atomic E-state index is 2.36. The van der Waals surface area contributed by atoms with E-state index in [9.17, 15) is 0 Å². The molecule has 1 aliphatic carbocycles. The Morgan fingerprint density at radius 2 is 1.59 bits per heavy atom. The van der Waals surface area contributed by atoms with Gasteiger partial charge in [0, 0.05) is 0 Å². The molecule has 0 spiro atoms. The average Bonchev–Trinajstić information content (AvgIpc) is 2.65. The minimum absolute atomic E-state index is 1.11. The summed E-state index contributed by atoms with van der Waals surface area (Å²) in [5.41, 5.74) is 11.6. The van der Waals surface area contributed by atoms with Crippen molar-refractivity contribution in [3.05, 3.63) is 57.6 Å². The van der Waals surface area contributed by atoms with Gasteiger partial charge in [0.25, 0.3) is 0 Å². The van der Waals surface area contributed by atoms with Crippen molar-refractivity contribution in [1.29, 1.82) is 0 Å². The normalized spacial score (nSPS) is 12.5. The monoisotopic (exact) mass is 222 g/mol. The third-order valence-electron chi connectivity index (χ3n) is 4.22. The molecule has 0 saturated heterocycles. The lowest BCUT2D eigenvalue weighted by Crippen LogP contribution is -1.93. The molecule has 0 aromatic heterocycles. The fraction of sp³-hybridized carbons (Fsp3) is 0.294. The van der Waals surface area contributed by atoms with Crippen molar-refractivity contribution >= 4 is 0 Å². The van der Waals surface area contributed by atoms with Crippen molar-refractivity contribution in [2.24, 2.45) is 0 Å². The molecule has 0 bridgehead atoms. The second-order valence-corrected chi connectivity index (χ2v) is 5.31. The molecule has 0 heteroatoms. The molecule has 0 atom stereocenters. The number of fused-ring (bicyclic) bond motifs is 3. The minimum atomic E-state index is 1.11. The SMILES string of the molecule is Cc1ccc2c(c1)-c1cc(C)c(C)c(C)c1C2. The van der Waals surface area contributed by atoms with E-state index in [2.05, 4.69) is 52.0 Å². The lowest BCUT2D eigenvalue weighted by atomic mass is 9.94. The summed E-state index contributed by atoms with van der Waals surface area (Å²) in [5.74, 6) is 0. The van der Waals surface area contributed by atoms with E-state index < -0.39 is 0 Å². The Balaban J connectivity index is 2.33. The van der Waals surface area contributed by atoms with Gasteiger partial charge in [-0.25, -0.2) is 0 Å². The summed E-state index contributed by atoms with van der Waals surface area (Å²) in [4.78, 5) is 0. The summed E-state index contributed by atoms with van der Waals surface area (Å²) < 4.78 is 0. The third-order valence-corrected chi connectivity index (χ3v) is 4.22. The smallest absolute Gasteiger partial charge is 0.00107 e. The fourth-order valence-electron chi connectivity index (χ4n) is 2.89. The molecular formula is C17H18. The molecule has 0 amide bonds. The maximum atomic E-state index is 2.36. The van der Waals surface area contributed by atoms with Crippen LogP contribution in [0.5, 0.6) is 0 Å². The van der Waals surface area contributed by atoms with E-state index in [0.717, 1.165) is 6.42 Å². The van der Waals surface area contributed by atoms with E-state index in [0.29, 0.717) is 0 Å². The zero-order chi connectivity index (χ0) is 12.2. The Bertz CT molecular complexity index is 618. The van der Waals surface area contributed by atoms with Gasteiger partial charge in [0.1, 0.15) is 0 Å². The quantitative estimate of drug-likeness (QED) is 0.525. The first-order valence-corrected chi connectivity index (χ1v) is 6.27. The molecule has 0 N–H and O–H groups in total. The van der Waals surface area contributed by atoms with Crippen molar-refractivity contribution in [2.75, 3.05) is 0 Å². The van der Waals surface area contributed by atoms with Crippen LogP contribution < -0.4 is 0 Å². The first kappa shape index (κ1) is 10.6. The van der Waals surface area contributed by atoms with Gasteiger partial charge in [0.2, 0.25) is 0 Å². The molecule has 3 rings (SSSR count). The molecule has 0 radical (unpaired) electrons. The van der Waals surface area contributed by atoms with Crippen LogP contribution in [0.1, 0.15) is 33.4 Å². The largest absolute Gasteiger partial charge is 0.0590 e. The van der Waals surface area contributed by atoms with E-state index in [1.54, 1.807) is 0 Å². The highest BCUT2D eigenvalue weighted by Crippen LogP contribution is 2.40. The van der Waals surface area contributed by atoms with Crippen molar-refractivity contribution in [2.45, 2.75) is 34.1 Å². The number of hydrogen-bond acceptors (Lipinski definition) is 0. The average molecular weight is 222 g/mol. The predicted octanol–water partition coefficient (Wildman–Crippen LogP) is 4.49. The van der Waals surface area contributed by atoms with Crippen molar-refractivity contribution in [3.8, 4) is 11.1 Å². The van der Waals surface area contributed by atoms with E-state index in [1.165, 1.54) is 44.5 Å². The summed E-state index contributed by atoms with van der Waals surface area (Å²) in [6, 6.07) is 9.20. The topological polar surface area (TPSA) is 0 Å². The number of rotatable bonds is 0. The molecule has 0 aliphatic heterocycles. The van der Waals surface area contributed by atoms with Gasteiger partial charge >= 0.3 is 0 Å². The highest BCUT2D eigenvalue weighted by atomic mass is 14.3. The number of hydrogen-bond donors (Lipinski definition) is 0. The molecule has 17 heavy (non-hydrogen) atoms.